The van der Waals surface area contributed by atoms with Crippen molar-refractivity contribution in [2.24, 2.45) is 0 Å². The first-order chi connectivity index (χ1) is 9.40. The van der Waals surface area contributed by atoms with Crippen LogP contribution in [0, 0.1) is 10.1 Å². The van der Waals surface area contributed by atoms with E-state index in [0.717, 1.165) is 19.3 Å². The highest BCUT2D eigenvalue weighted by atomic mass is 79.9. The molecule has 1 amide bonds. The lowest BCUT2D eigenvalue weighted by Gasteiger charge is -2.31. The van der Waals surface area contributed by atoms with E-state index in [0.29, 0.717) is 5.56 Å². The van der Waals surface area contributed by atoms with Gasteiger partial charge in [0, 0.05) is 11.6 Å². The molecule has 0 heterocycles. The van der Waals surface area contributed by atoms with Crippen LogP contribution in [0.25, 0.3) is 0 Å². The van der Waals surface area contributed by atoms with Crippen LogP contribution in [-0.4, -0.2) is 16.4 Å². The van der Waals surface area contributed by atoms with Crippen LogP contribution in [-0.2, 0) is 0 Å². The fourth-order valence-electron chi connectivity index (χ4n) is 2.16. The Bertz CT molecular complexity index is 505. The lowest BCUT2D eigenvalue weighted by molar-refractivity contribution is -0.385. The number of hydrogen-bond acceptors (Lipinski definition) is 3. The predicted molar refractivity (Wildman–Crippen MR) is 81.9 cm³/mol. The molecule has 0 atom stereocenters. The maximum Gasteiger partial charge on any atom is 0.284 e. The highest BCUT2D eigenvalue weighted by Gasteiger charge is 2.28. The van der Waals surface area contributed by atoms with E-state index < -0.39 is 4.92 Å². The van der Waals surface area contributed by atoms with Crippen molar-refractivity contribution in [1.82, 2.24) is 5.32 Å². The van der Waals surface area contributed by atoms with Gasteiger partial charge in [0.2, 0.25) is 0 Å². The zero-order valence-corrected chi connectivity index (χ0v) is 13.5. The Morgan fingerprint density at radius 3 is 2.30 bits per heavy atom. The minimum absolute atomic E-state index is 0.104. The van der Waals surface area contributed by atoms with Gasteiger partial charge in [-0.1, -0.05) is 26.8 Å². The highest BCUT2D eigenvalue weighted by Crippen LogP contribution is 2.29. The molecule has 6 heteroatoms. The third kappa shape index (κ3) is 3.36. The van der Waals surface area contributed by atoms with E-state index in [1.54, 1.807) is 6.07 Å². The number of nitrogens with one attached hydrogen (secondary N) is 1. The second kappa shape index (κ2) is 6.83. The van der Waals surface area contributed by atoms with Gasteiger partial charge in [-0.15, -0.1) is 0 Å². The zero-order chi connectivity index (χ0) is 15.3. The van der Waals surface area contributed by atoms with Crippen molar-refractivity contribution in [1.29, 1.82) is 0 Å². The molecule has 110 valence electrons. The summed E-state index contributed by atoms with van der Waals surface area (Å²) in [5, 5.41) is 13.9. The molecule has 1 aromatic carbocycles. The van der Waals surface area contributed by atoms with Crippen molar-refractivity contribution in [3.05, 3.63) is 38.3 Å². The second-order valence-electron chi connectivity index (χ2n) is 4.69. The number of nitro benzene ring substituents is 1. The van der Waals surface area contributed by atoms with E-state index in [1.807, 2.05) is 20.8 Å². The summed E-state index contributed by atoms with van der Waals surface area (Å²) in [5.74, 6) is -0.286. The normalized spacial score (nSPS) is 11.2. The van der Waals surface area contributed by atoms with Gasteiger partial charge < -0.3 is 5.32 Å². The summed E-state index contributed by atoms with van der Waals surface area (Å²) in [6.45, 7) is 6.07. The maximum absolute atomic E-state index is 12.4. The molecule has 1 rings (SSSR count). The van der Waals surface area contributed by atoms with Crippen LogP contribution in [0.15, 0.2) is 22.7 Å². The van der Waals surface area contributed by atoms with Gasteiger partial charge in [-0.2, -0.15) is 0 Å². The number of carbonyl (C=O) groups excluding carboxylic acids is 1. The number of benzene rings is 1. The molecule has 0 saturated heterocycles. The van der Waals surface area contributed by atoms with Crippen molar-refractivity contribution in [2.45, 2.75) is 45.6 Å². The quantitative estimate of drug-likeness (QED) is 0.625. The average molecular weight is 343 g/mol. The molecular weight excluding hydrogens is 324 g/mol. The van der Waals surface area contributed by atoms with Crippen LogP contribution >= 0.6 is 15.9 Å². The lowest BCUT2D eigenvalue weighted by Crippen LogP contribution is -2.47. The smallest absolute Gasteiger partial charge is 0.284 e. The molecule has 0 aliphatic heterocycles. The largest absolute Gasteiger partial charge is 0.347 e. The van der Waals surface area contributed by atoms with Gasteiger partial charge in [-0.3, -0.25) is 14.9 Å². The summed E-state index contributed by atoms with van der Waals surface area (Å²) in [4.78, 5) is 22.8. The van der Waals surface area contributed by atoms with Gasteiger partial charge in [0.25, 0.3) is 11.6 Å². The Morgan fingerprint density at radius 1 is 1.30 bits per heavy atom. The molecule has 0 aromatic heterocycles. The van der Waals surface area contributed by atoms with E-state index in [4.69, 9.17) is 0 Å². The number of halogens is 1. The monoisotopic (exact) mass is 342 g/mol. The van der Waals surface area contributed by atoms with Gasteiger partial charge in [-0.25, -0.2) is 0 Å². The molecule has 0 saturated carbocycles. The molecule has 0 spiro atoms. The Kier molecular flexibility index (Phi) is 5.68. The van der Waals surface area contributed by atoms with Crippen molar-refractivity contribution >= 4 is 27.5 Å². The van der Waals surface area contributed by atoms with E-state index in [1.165, 1.54) is 12.1 Å². The molecule has 5 nitrogen and oxygen atoms in total. The molecule has 0 radical (unpaired) electrons. The van der Waals surface area contributed by atoms with Crippen LogP contribution in [0.4, 0.5) is 5.69 Å². The Balaban J connectivity index is 3.10. The molecule has 0 bridgehead atoms. The van der Waals surface area contributed by atoms with Crippen molar-refractivity contribution in [3.8, 4) is 0 Å². The predicted octanol–water partition coefficient (Wildman–Crippen LogP) is 4.06. The Hall–Kier alpha value is -1.43. The minimum Gasteiger partial charge on any atom is -0.347 e. The summed E-state index contributed by atoms with van der Waals surface area (Å²) in [6, 6.07) is 4.47. The number of carbonyl (C=O) groups is 1. The summed E-state index contributed by atoms with van der Waals surface area (Å²) >= 11 is 3.15. The van der Waals surface area contributed by atoms with Gasteiger partial charge in [-0.05, 0) is 41.3 Å². The Labute approximate surface area is 127 Å². The third-order valence-corrected chi connectivity index (χ3v) is 4.66. The van der Waals surface area contributed by atoms with Gasteiger partial charge >= 0.3 is 0 Å². The first-order valence-corrected chi connectivity index (χ1v) is 7.45. The van der Waals surface area contributed by atoms with E-state index in [2.05, 4.69) is 21.2 Å². The number of amides is 1. The number of rotatable bonds is 6. The number of nitro groups is 1. The second-order valence-corrected chi connectivity index (χ2v) is 5.48. The average Bonchev–Trinajstić information content (AvgIpc) is 2.44. The van der Waals surface area contributed by atoms with Gasteiger partial charge in [0.1, 0.15) is 4.47 Å². The van der Waals surface area contributed by atoms with Crippen LogP contribution in [0.2, 0.25) is 0 Å². The maximum atomic E-state index is 12.4. The van der Waals surface area contributed by atoms with E-state index >= 15 is 0 Å². The SMILES string of the molecule is CCC(CC)(CC)NC(=O)c1cccc([N+](=O)[O-])c1Br. The van der Waals surface area contributed by atoms with E-state index in [-0.39, 0.29) is 21.6 Å². The lowest BCUT2D eigenvalue weighted by atomic mass is 9.89. The van der Waals surface area contributed by atoms with Crippen molar-refractivity contribution in [3.63, 3.8) is 0 Å². The minimum atomic E-state index is -0.506. The van der Waals surface area contributed by atoms with Crippen LogP contribution in [0.3, 0.4) is 0 Å². The first kappa shape index (κ1) is 16.6. The molecule has 1 aromatic rings. The molecule has 0 fully saturated rings. The molecule has 1 N–H and O–H groups in total. The van der Waals surface area contributed by atoms with Crippen LogP contribution in [0.5, 0.6) is 0 Å². The fraction of sp³-hybridized carbons (Fsp3) is 0.500. The molecular formula is C14H19BrN2O3. The third-order valence-electron chi connectivity index (χ3n) is 3.83. The van der Waals surface area contributed by atoms with E-state index in [9.17, 15) is 14.9 Å². The fourth-order valence-corrected chi connectivity index (χ4v) is 2.75. The molecule has 0 aliphatic carbocycles. The first-order valence-electron chi connectivity index (χ1n) is 6.66. The standard InChI is InChI=1S/C14H19BrN2O3/c1-4-14(5-2,6-3)16-13(18)10-8-7-9-11(12(10)15)17(19)20/h7-9H,4-6H2,1-3H3,(H,16,18). The number of nitrogens with zero attached hydrogens (tertiary/aromatic N) is 1. The summed E-state index contributed by atoms with van der Waals surface area (Å²) in [7, 11) is 0. The number of hydrogen-bond donors (Lipinski definition) is 1. The van der Waals surface area contributed by atoms with Gasteiger partial charge in [0.05, 0.1) is 10.5 Å². The van der Waals surface area contributed by atoms with Gasteiger partial charge in [0.15, 0.2) is 0 Å². The van der Waals surface area contributed by atoms with Crippen molar-refractivity contribution < 1.29 is 9.72 Å². The zero-order valence-electron chi connectivity index (χ0n) is 11.9. The molecule has 0 aliphatic rings. The highest BCUT2D eigenvalue weighted by molar-refractivity contribution is 9.10. The molecule has 20 heavy (non-hydrogen) atoms. The summed E-state index contributed by atoms with van der Waals surface area (Å²) in [6.07, 6.45) is 2.45. The van der Waals surface area contributed by atoms with Crippen LogP contribution in [0.1, 0.15) is 50.4 Å². The van der Waals surface area contributed by atoms with Crippen molar-refractivity contribution in [2.75, 3.05) is 0 Å². The topological polar surface area (TPSA) is 72.2 Å². The summed E-state index contributed by atoms with van der Waals surface area (Å²) < 4.78 is 0.222. The van der Waals surface area contributed by atoms with Crippen LogP contribution < -0.4 is 5.32 Å². The molecule has 0 unspecified atom stereocenters. The Morgan fingerprint density at radius 2 is 1.85 bits per heavy atom. The summed E-state index contributed by atoms with van der Waals surface area (Å²) in [5.41, 5.74) is -0.0760.